The van der Waals surface area contributed by atoms with Crippen molar-refractivity contribution < 1.29 is 9.90 Å². The largest absolute Gasteiger partial charge is 0.507 e. The summed E-state index contributed by atoms with van der Waals surface area (Å²) >= 11 is 0. The Labute approximate surface area is 211 Å². The molecule has 2 N–H and O–H groups in total. The Morgan fingerprint density at radius 2 is 1.53 bits per heavy atom. The second kappa shape index (κ2) is 10.0. The topological polar surface area (TPSA) is 71.0 Å². The third kappa shape index (κ3) is 4.87. The highest BCUT2D eigenvalue weighted by Gasteiger charge is 2.23. The van der Waals surface area contributed by atoms with Crippen molar-refractivity contribution in [1.29, 1.82) is 5.41 Å². The molecule has 0 spiro atoms. The molecule has 178 valence electrons. The average molecular weight is 522 g/mol. The zero-order valence-corrected chi connectivity index (χ0v) is 21.8. The molecular weight excluding hydrogens is 490 g/mol. The Bertz CT molecular complexity index is 1380. The van der Waals surface area contributed by atoms with Gasteiger partial charge in [-0.3, -0.25) is 10.2 Å². The van der Waals surface area contributed by atoms with Crippen LogP contribution in [0, 0.1) is 5.41 Å². The van der Waals surface area contributed by atoms with Crippen LogP contribution < -0.4 is 5.62 Å². The molecule has 0 radical (unpaired) electrons. The van der Waals surface area contributed by atoms with Gasteiger partial charge in [0.25, 0.3) is 0 Å². The van der Waals surface area contributed by atoms with Crippen molar-refractivity contribution >= 4 is 33.8 Å². The highest BCUT2D eigenvalue weighted by atomic mass is 79.9. The van der Waals surface area contributed by atoms with E-state index in [4.69, 9.17) is 5.41 Å². The molecule has 6 heteroatoms. The first-order valence-corrected chi connectivity index (χ1v) is 11.4. The molecule has 0 fully saturated rings. The number of carbonyl (C=O) groups excluding carboxylic acids is 1. The number of para-hydroxylation sites is 2. The highest BCUT2D eigenvalue weighted by Crippen LogP contribution is 2.35. The molecule has 0 aliphatic carbocycles. The average Bonchev–Trinajstić information content (AvgIpc) is 3.05. The van der Waals surface area contributed by atoms with E-state index in [9.17, 15) is 9.90 Å². The number of benzene rings is 3. The maximum atomic E-state index is 13.4. The molecule has 0 unspecified atom stereocenters. The van der Waals surface area contributed by atoms with Crippen molar-refractivity contribution in [2.45, 2.75) is 52.6 Å². The lowest BCUT2D eigenvalue weighted by Crippen LogP contribution is -2.28. The summed E-state index contributed by atoms with van der Waals surface area (Å²) in [5, 5.41) is 19.6. The fourth-order valence-electron chi connectivity index (χ4n) is 4.31. The Hall–Kier alpha value is -3.12. The van der Waals surface area contributed by atoms with Crippen LogP contribution >= 0.6 is 17.0 Å². The van der Waals surface area contributed by atoms with Crippen LogP contribution in [-0.4, -0.2) is 20.0 Å². The summed E-state index contributed by atoms with van der Waals surface area (Å²) in [6.45, 7) is 8.70. The van der Waals surface area contributed by atoms with Gasteiger partial charge in [-0.05, 0) is 47.2 Å². The van der Waals surface area contributed by atoms with Gasteiger partial charge in [0.1, 0.15) is 5.75 Å². The van der Waals surface area contributed by atoms with Gasteiger partial charge in [-0.2, -0.15) is 0 Å². The lowest BCUT2D eigenvalue weighted by Gasteiger charge is -2.23. The van der Waals surface area contributed by atoms with Crippen molar-refractivity contribution in [3.63, 3.8) is 0 Å². The minimum Gasteiger partial charge on any atom is -0.507 e. The molecule has 5 nitrogen and oxygen atoms in total. The highest BCUT2D eigenvalue weighted by molar-refractivity contribution is 8.93. The predicted molar refractivity (Wildman–Crippen MR) is 142 cm³/mol. The van der Waals surface area contributed by atoms with Gasteiger partial charge in [0.15, 0.2) is 5.78 Å². The number of ketones is 1. The van der Waals surface area contributed by atoms with Crippen molar-refractivity contribution in [2.75, 3.05) is 0 Å². The lowest BCUT2D eigenvalue weighted by molar-refractivity contribution is 0.0971. The van der Waals surface area contributed by atoms with Crippen LogP contribution in [0.3, 0.4) is 0 Å². The third-order valence-corrected chi connectivity index (χ3v) is 6.16. The first kappa shape index (κ1) is 25.5. The minimum atomic E-state index is -0.288. The van der Waals surface area contributed by atoms with E-state index >= 15 is 0 Å². The second-order valence-electron chi connectivity index (χ2n) is 9.53. The van der Waals surface area contributed by atoms with Crippen LogP contribution in [-0.2, 0) is 24.9 Å². The molecule has 0 atom stereocenters. The van der Waals surface area contributed by atoms with Gasteiger partial charge in [0.05, 0.1) is 24.1 Å². The molecule has 0 aliphatic rings. The lowest BCUT2D eigenvalue weighted by atomic mass is 9.83. The van der Waals surface area contributed by atoms with Gasteiger partial charge >= 0.3 is 0 Å². The summed E-state index contributed by atoms with van der Waals surface area (Å²) in [5.74, 6) is 0.200. The Balaban J connectivity index is 0.00000324. The van der Waals surface area contributed by atoms with Gasteiger partial charge in [-0.25, -0.2) is 0 Å². The molecule has 34 heavy (non-hydrogen) atoms. The van der Waals surface area contributed by atoms with E-state index in [-0.39, 0.29) is 40.5 Å². The molecule has 0 saturated heterocycles. The van der Waals surface area contributed by atoms with Crippen LogP contribution in [0.4, 0.5) is 0 Å². The molecule has 0 saturated carbocycles. The number of hydrogen-bond donors (Lipinski definition) is 2. The standard InChI is InChI=1S/C28H31N3O2.BrH/c1-5-20-15-21(16-22(26(20)33)28(2,3)4)25(32)18-31-24-14-10-9-13-23(24)30(27(31)29)17-19-11-7-6-8-12-19;/h6-16,29,33H,5,17-18H2,1-4H3;1H. The number of fused-ring (bicyclic) bond motifs is 1. The number of halogens is 1. The zero-order chi connectivity index (χ0) is 23.8. The number of hydrogen-bond acceptors (Lipinski definition) is 3. The minimum absolute atomic E-state index is 0. The molecule has 3 aromatic carbocycles. The van der Waals surface area contributed by atoms with Gasteiger partial charge in [-0.15, -0.1) is 17.0 Å². The summed E-state index contributed by atoms with van der Waals surface area (Å²) in [6, 6.07) is 21.5. The number of imidazole rings is 1. The first-order chi connectivity index (χ1) is 15.7. The van der Waals surface area contributed by atoms with E-state index in [0.717, 1.165) is 27.7 Å². The molecule has 1 heterocycles. The Morgan fingerprint density at radius 1 is 0.941 bits per heavy atom. The van der Waals surface area contributed by atoms with Crippen molar-refractivity contribution in [2.24, 2.45) is 0 Å². The van der Waals surface area contributed by atoms with E-state index in [2.05, 4.69) is 0 Å². The zero-order valence-electron chi connectivity index (χ0n) is 20.1. The second-order valence-corrected chi connectivity index (χ2v) is 9.53. The Morgan fingerprint density at radius 3 is 2.12 bits per heavy atom. The van der Waals surface area contributed by atoms with Crippen LogP contribution in [0.2, 0.25) is 0 Å². The molecule has 4 rings (SSSR count). The first-order valence-electron chi connectivity index (χ1n) is 11.4. The van der Waals surface area contributed by atoms with E-state index in [1.807, 2.05) is 92.9 Å². The summed E-state index contributed by atoms with van der Waals surface area (Å²) in [4.78, 5) is 13.4. The molecule has 1 aromatic heterocycles. The summed E-state index contributed by atoms with van der Waals surface area (Å²) in [7, 11) is 0. The van der Waals surface area contributed by atoms with Crippen LogP contribution in [0.25, 0.3) is 11.0 Å². The summed E-state index contributed by atoms with van der Waals surface area (Å²) < 4.78 is 3.71. The van der Waals surface area contributed by atoms with E-state index < -0.39 is 0 Å². The predicted octanol–water partition coefficient (Wildman–Crippen LogP) is 6.00. The molecule has 0 bridgehead atoms. The number of nitrogens with zero attached hydrogens (tertiary/aromatic N) is 2. The molecule has 4 aromatic rings. The maximum Gasteiger partial charge on any atom is 0.203 e. The number of carbonyl (C=O) groups is 1. The summed E-state index contributed by atoms with van der Waals surface area (Å²) in [5.41, 5.74) is 5.00. The van der Waals surface area contributed by atoms with E-state index in [1.165, 1.54) is 0 Å². The van der Waals surface area contributed by atoms with Crippen molar-refractivity contribution in [3.05, 3.63) is 94.6 Å². The Kier molecular flexibility index (Phi) is 7.51. The number of rotatable bonds is 6. The number of aromatic hydroxyl groups is 1. The van der Waals surface area contributed by atoms with Gasteiger partial charge in [0.2, 0.25) is 5.62 Å². The maximum absolute atomic E-state index is 13.4. The number of Topliss-reactive ketones (excluding diaryl/α,β-unsaturated/α-hetero) is 1. The number of nitrogens with one attached hydrogen (secondary N) is 1. The molecular formula is C28H32BrN3O2. The third-order valence-electron chi connectivity index (χ3n) is 6.16. The molecule has 0 aliphatic heterocycles. The van der Waals surface area contributed by atoms with Crippen molar-refractivity contribution in [1.82, 2.24) is 9.13 Å². The quantitative estimate of drug-likeness (QED) is 0.305. The van der Waals surface area contributed by atoms with E-state index in [1.54, 1.807) is 10.6 Å². The number of phenolic OH excluding ortho intramolecular Hbond substituents is 1. The van der Waals surface area contributed by atoms with Gasteiger partial charge in [-0.1, -0.05) is 70.2 Å². The number of aryl methyl sites for hydroxylation is 1. The van der Waals surface area contributed by atoms with Gasteiger partial charge in [0, 0.05) is 11.1 Å². The van der Waals surface area contributed by atoms with Crippen LogP contribution in [0.5, 0.6) is 5.75 Å². The summed E-state index contributed by atoms with van der Waals surface area (Å²) in [6.07, 6.45) is 0.642. The fraction of sp³-hybridized carbons (Fsp3) is 0.286. The smallest absolute Gasteiger partial charge is 0.203 e. The monoisotopic (exact) mass is 521 g/mol. The molecule has 0 amide bonds. The van der Waals surface area contributed by atoms with E-state index in [0.29, 0.717) is 24.1 Å². The number of aromatic nitrogens is 2. The van der Waals surface area contributed by atoms with Crippen molar-refractivity contribution in [3.8, 4) is 5.75 Å². The SMILES string of the molecule is Br.CCc1cc(C(=O)Cn2c(=N)n(Cc3ccccc3)c3ccccc32)cc(C(C)(C)C)c1O. The van der Waals surface area contributed by atoms with Gasteiger partial charge < -0.3 is 14.2 Å². The van der Waals surface area contributed by atoms with Crippen LogP contribution in [0.15, 0.2) is 66.7 Å². The van der Waals surface area contributed by atoms with Crippen LogP contribution in [0.1, 0.15) is 54.7 Å². The fourth-order valence-corrected chi connectivity index (χ4v) is 4.31. The normalized spacial score (nSPS) is 11.4. The number of phenols is 1.